The molecule has 0 aromatic heterocycles. The van der Waals surface area contributed by atoms with Gasteiger partial charge in [0.2, 0.25) is 0 Å². The number of benzene rings is 1. The number of hydrogen-bond acceptors (Lipinski definition) is 4. The summed E-state index contributed by atoms with van der Waals surface area (Å²) in [4.78, 5) is 23.3. The Hall–Kier alpha value is -2.59. The largest absolute Gasteiger partial charge is 0.465 e. The molecule has 1 aromatic rings. The minimum absolute atomic E-state index is 0.0594. The highest BCUT2D eigenvalue weighted by atomic mass is 19.1. The summed E-state index contributed by atoms with van der Waals surface area (Å²) in [5.41, 5.74) is -0.00541. The highest BCUT2D eigenvalue weighted by Crippen LogP contribution is 2.18. The van der Waals surface area contributed by atoms with Gasteiger partial charge >= 0.3 is 12.0 Å². The molecule has 0 bridgehead atoms. The van der Waals surface area contributed by atoms with Crippen molar-refractivity contribution >= 4 is 17.7 Å². The van der Waals surface area contributed by atoms with Crippen molar-refractivity contribution in [2.75, 3.05) is 25.6 Å². The molecule has 2 amide bonds. The van der Waals surface area contributed by atoms with Gasteiger partial charge in [0.05, 0.1) is 25.3 Å². The van der Waals surface area contributed by atoms with E-state index in [2.05, 4.69) is 21.3 Å². The third kappa shape index (κ3) is 4.20. The summed E-state index contributed by atoms with van der Waals surface area (Å²) in [5, 5.41) is 5.12. The number of carbonyl (C=O) groups excluding carboxylic acids is 2. The fraction of sp³-hybridized carbons (Fsp3) is 0.375. The Balaban J connectivity index is 1.98. The maximum absolute atomic E-state index is 13.8. The Kier molecular flexibility index (Phi) is 5.55. The van der Waals surface area contributed by atoms with E-state index in [-0.39, 0.29) is 17.2 Å². The maximum atomic E-state index is 13.8. The Morgan fingerprint density at radius 3 is 2.87 bits per heavy atom. The van der Waals surface area contributed by atoms with Gasteiger partial charge in [-0.1, -0.05) is 5.92 Å². The molecule has 1 aliphatic heterocycles. The van der Waals surface area contributed by atoms with Crippen molar-refractivity contribution in [3.05, 3.63) is 29.6 Å². The summed E-state index contributed by atoms with van der Waals surface area (Å²) >= 11 is 0. The summed E-state index contributed by atoms with van der Waals surface area (Å²) in [6.45, 7) is 1.12. The lowest BCUT2D eigenvalue weighted by atomic mass is 10.00. The summed E-state index contributed by atoms with van der Waals surface area (Å²) in [6.07, 6.45) is 6.20. The van der Waals surface area contributed by atoms with Crippen LogP contribution in [0.5, 0.6) is 0 Å². The van der Waals surface area contributed by atoms with Gasteiger partial charge in [-0.05, 0) is 24.6 Å². The number of carbonyl (C=O) groups is 2. The SMILES string of the molecule is C#C[C@H](NC(=O)Nc1ccc(C(=O)OC)c(F)c1)[C@H]1CCOC1. The van der Waals surface area contributed by atoms with Crippen molar-refractivity contribution in [3.8, 4) is 12.3 Å². The summed E-state index contributed by atoms with van der Waals surface area (Å²) in [7, 11) is 1.16. The van der Waals surface area contributed by atoms with E-state index in [0.29, 0.717) is 13.2 Å². The highest BCUT2D eigenvalue weighted by Gasteiger charge is 2.25. The average molecular weight is 320 g/mol. The van der Waals surface area contributed by atoms with Crippen LogP contribution in [-0.2, 0) is 9.47 Å². The number of rotatable bonds is 4. The minimum Gasteiger partial charge on any atom is -0.465 e. The topological polar surface area (TPSA) is 76.7 Å². The first kappa shape index (κ1) is 16.8. The quantitative estimate of drug-likeness (QED) is 0.655. The molecule has 0 radical (unpaired) electrons. The first-order valence-electron chi connectivity index (χ1n) is 7.04. The van der Waals surface area contributed by atoms with Crippen molar-refractivity contribution in [3.63, 3.8) is 0 Å². The van der Waals surface area contributed by atoms with Crippen LogP contribution in [-0.4, -0.2) is 38.4 Å². The lowest BCUT2D eigenvalue weighted by molar-refractivity contribution is 0.0595. The molecular weight excluding hydrogens is 303 g/mol. The Bertz CT molecular complexity index is 635. The van der Waals surface area contributed by atoms with E-state index in [1.54, 1.807) is 0 Å². The van der Waals surface area contributed by atoms with Gasteiger partial charge in [0.1, 0.15) is 5.82 Å². The van der Waals surface area contributed by atoms with Gasteiger partial charge in [-0.25, -0.2) is 14.0 Å². The lowest BCUT2D eigenvalue weighted by Gasteiger charge is -2.18. The fourth-order valence-corrected chi connectivity index (χ4v) is 2.29. The van der Waals surface area contributed by atoms with Crippen LogP contribution in [0.2, 0.25) is 0 Å². The zero-order chi connectivity index (χ0) is 16.8. The zero-order valence-electron chi connectivity index (χ0n) is 12.6. The number of esters is 1. The normalized spacial score (nSPS) is 17.9. The molecule has 122 valence electrons. The van der Waals surface area contributed by atoms with Crippen molar-refractivity contribution in [1.29, 1.82) is 0 Å². The molecule has 0 unspecified atom stereocenters. The maximum Gasteiger partial charge on any atom is 0.340 e. The number of amides is 2. The summed E-state index contributed by atoms with van der Waals surface area (Å²) < 4.78 is 23.5. The van der Waals surface area contributed by atoms with Gasteiger partial charge in [-0.3, -0.25) is 0 Å². The van der Waals surface area contributed by atoms with Gasteiger partial charge in [0.25, 0.3) is 0 Å². The first-order valence-corrected chi connectivity index (χ1v) is 7.04. The molecule has 1 aromatic carbocycles. The molecule has 0 spiro atoms. The van der Waals surface area contributed by atoms with Gasteiger partial charge < -0.3 is 20.1 Å². The minimum atomic E-state index is -0.785. The molecule has 23 heavy (non-hydrogen) atoms. The molecule has 1 saturated heterocycles. The van der Waals surface area contributed by atoms with Crippen LogP contribution in [0.3, 0.4) is 0 Å². The Morgan fingerprint density at radius 1 is 1.52 bits per heavy atom. The van der Waals surface area contributed by atoms with Crippen molar-refractivity contribution in [2.45, 2.75) is 12.5 Å². The van der Waals surface area contributed by atoms with Crippen LogP contribution in [0.1, 0.15) is 16.8 Å². The molecule has 0 saturated carbocycles. The van der Waals surface area contributed by atoms with Crippen LogP contribution >= 0.6 is 0 Å². The number of ether oxygens (including phenoxy) is 2. The molecule has 7 heteroatoms. The van der Waals surface area contributed by atoms with E-state index in [4.69, 9.17) is 11.2 Å². The number of nitrogens with one attached hydrogen (secondary N) is 2. The molecule has 0 aliphatic carbocycles. The number of terminal acetylenes is 1. The monoisotopic (exact) mass is 320 g/mol. The second-order valence-corrected chi connectivity index (χ2v) is 5.05. The lowest BCUT2D eigenvalue weighted by Crippen LogP contribution is -2.42. The zero-order valence-corrected chi connectivity index (χ0v) is 12.6. The number of hydrogen-bond donors (Lipinski definition) is 2. The first-order chi connectivity index (χ1) is 11.0. The van der Waals surface area contributed by atoms with E-state index in [1.165, 1.54) is 12.1 Å². The molecule has 2 rings (SSSR count). The van der Waals surface area contributed by atoms with Crippen LogP contribution < -0.4 is 10.6 Å². The van der Waals surface area contributed by atoms with E-state index in [9.17, 15) is 14.0 Å². The average Bonchev–Trinajstić information content (AvgIpc) is 3.06. The van der Waals surface area contributed by atoms with Gasteiger partial charge in [0, 0.05) is 18.2 Å². The molecule has 2 atom stereocenters. The smallest absolute Gasteiger partial charge is 0.340 e. The Morgan fingerprint density at radius 2 is 2.30 bits per heavy atom. The van der Waals surface area contributed by atoms with E-state index < -0.39 is 23.9 Å². The predicted molar refractivity (Wildman–Crippen MR) is 81.4 cm³/mol. The predicted octanol–water partition coefficient (Wildman–Crippen LogP) is 1.77. The summed E-state index contributed by atoms with van der Waals surface area (Å²) in [6, 6.07) is 2.66. The molecular formula is C16H17FN2O4. The van der Waals surface area contributed by atoms with Crippen molar-refractivity contribution < 1.29 is 23.5 Å². The molecule has 1 fully saturated rings. The third-order valence-electron chi connectivity index (χ3n) is 3.53. The number of halogens is 1. The highest BCUT2D eigenvalue weighted by molar-refractivity contribution is 5.92. The standard InChI is InChI=1S/C16H17FN2O4/c1-3-14(10-6-7-23-9-10)19-16(21)18-11-4-5-12(13(17)8-11)15(20)22-2/h1,4-5,8,10,14H,6-7,9H2,2H3,(H2,18,19,21)/t10-,14-/m0/s1. The van der Waals surface area contributed by atoms with Crippen LogP contribution in [0.25, 0.3) is 0 Å². The fourth-order valence-electron chi connectivity index (χ4n) is 2.29. The molecule has 1 heterocycles. The molecule has 1 aliphatic rings. The van der Waals surface area contributed by atoms with Crippen LogP contribution in [0, 0.1) is 24.1 Å². The third-order valence-corrected chi connectivity index (χ3v) is 3.53. The second kappa shape index (κ2) is 7.61. The second-order valence-electron chi connectivity index (χ2n) is 5.05. The van der Waals surface area contributed by atoms with Crippen molar-refractivity contribution in [2.24, 2.45) is 5.92 Å². The summed E-state index contributed by atoms with van der Waals surface area (Å²) in [5.74, 6) is 1.01. The van der Waals surface area contributed by atoms with Gasteiger partial charge in [-0.15, -0.1) is 6.42 Å². The van der Waals surface area contributed by atoms with E-state index >= 15 is 0 Å². The van der Waals surface area contributed by atoms with Gasteiger partial charge in [0.15, 0.2) is 0 Å². The number of anilines is 1. The Labute approximate surface area is 133 Å². The molecule has 2 N–H and O–H groups in total. The van der Waals surface area contributed by atoms with E-state index in [0.717, 1.165) is 19.6 Å². The molecule has 6 nitrogen and oxygen atoms in total. The number of urea groups is 1. The van der Waals surface area contributed by atoms with Gasteiger partial charge in [-0.2, -0.15) is 0 Å². The van der Waals surface area contributed by atoms with E-state index in [1.807, 2.05) is 0 Å². The van der Waals surface area contributed by atoms with Crippen LogP contribution in [0.15, 0.2) is 18.2 Å². The number of methoxy groups -OCH3 is 1. The van der Waals surface area contributed by atoms with Crippen molar-refractivity contribution in [1.82, 2.24) is 5.32 Å². The van der Waals surface area contributed by atoms with Crippen LogP contribution in [0.4, 0.5) is 14.9 Å².